The maximum absolute atomic E-state index is 13.5. The lowest BCUT2D eigenvalue weighted by Gasteiger charge is -2.07. The van der Waals surface area contributed by atoms with Crippen LogP contribution in [-0.4, -0.2) is 0 Å². The Kier molecular flexibility index (Phi) is 4.64. The van der Waals surface area contributed by atoms with E-state index >= 15 is 0 Å². The predicted octanol–water partition coefficient (Wildman–Crippen LogP) is 5.82. The smallest absolute Gasteiger partial charge is 0.149 e. The van der Waals surface area contributed by atoms with Crippen LogP contribution in [0, 0.1) is 11.6 Å². The Bertz CT molecular complexity index is 569. The van der Waals surface area contributed by atoms with Gasteiger partial charge < -0.3 is 5.32 Å². The summed E-state index contributed by atoms with van der Waals surface area (Å²) in [5, 5.41) is 2.90. The minimum atomic E-state index is -0.627. The second-order valence-corrected chi connectivity index (χ2v) is 6.88. The second-order valence-electron chi connectivity index (χ2n) is 3.43. The summed E-state index contributed by atoms with van der Waals surface area (Å²) in [5.74, 6) is -1.25. The molecule has 96 valence electrons. The molecule has 18 heavy (non-hydrogen) atoms. The molecule has 7 heteroatoms. The third kappa shape index (κ3) is 3.23. The summed E-state index contributed by atoms with van der Waals surface area (Å²) in [4.78, 5) is 0.951. The number of halogens is 5. The van der Waals surface area contributed by atoms with Crippen molar-refractivity contribution in [1.82, 2.24) is 0 Å². The molecule has 0 bridgehead atoms. The highest BCUT2D eigenvalue weighted by molar-refractivity contribution is 9.10. The molecule has 1 aromatic heterocycles. The monoisotopic (exact) mass is 415 g/mol. The first-order valence-corrected chi connectivity index (χ1v) is 7.57. The molecular weight excluding hydrogens is 411 g/mol. The number of benzene rings is 1. The Morgan fingerprint density at radius 2 is 1.83 bits per heavy atom. The van der Waals surface area contributed by atoms with E-state index in [0.717, 1.165) is 15.4 Å². The van der Waals surface area contributed by atoms with Crippen molar-refractivity contribution in [2.75, 3.05) is 5.32 Å². The molecule has 0 amide bonds. The lowest BCUT2D eigenvalue weighted by molar-refractivity contribution is 0.580. The van der Waals surface area contributed by atoms with Crippen LogP contribution in [0.1, 0.15) is 4.88 Å². The summed E-state index contributed by atoms with van der Waals surface area (Å²) in [6.07, 6.45) is 0. The fourth-order valence-corrected chi connectivity index (χ4v) is 3.39. The molecule has 0 saturated carbocycles. The Balaban J connectivity index is 2.13. The van der Waals surface area contributed by atoms with E-state index < -0.39 is 11.6 Å². The van der Waals surface area contributed by atoms with Crippen molar-refractivity contribution >= 4 is 60.5 Å². The first kappa shape index (κ1) is 14.2. The molecule has 1 N–H and O–H groups in total. The van der Waals surface area contributed by atoms with E-state index in [1.54, 1.807) is 0 Å². The topological polar surface area (TPSA) is 12.0 Å². The highest BCUT2D eigenvalue weighted by atomic mass is 79.9. The van der Waals surface area contributed by atoms with Gasteiger partial charge in [0, 0.05) is 22.0 Å². The highest BCUT2D eigenvalue weighted by Crippen LogP contribution is 2.32. The van der Waals surface area contributed by atoms with Crippen molar-refractivity contribution in [1.29, 1.82) is 0 Å². The SMILES string of the molecule is Fc1cc(F)c(NCc2cc(Br)c(Cl)s2)cc1Br. The molecule has 0 saturated heterocycles. The number of hydrogen-bond donors (Lipinski definition) is 1. The Morgan fingerprint density at radius 1 is 1.11 bits per heavy atom. The van der Waals surface area contributed by atoms with Gasteiger partial charge in [0.25, 0.3) is 0 Å². The van der Waals surface area contributed by atoms with Crippen LogP contribution in [0.5, 0.6) is 0 Å². The van der Waals surface area contributed by atoms with Gasteiger partial charge in [-0.05, 0) is 44.0 Å². The van der Waals surface area contributed by atoms with Crippen LogP contribution in [0.3, 0.4) is 0 Å². The van der Waals surface area contributed by atoms with Gasteiger partial charge in [-0.2, -0.15) is 0 Å². The van der Waals surface area contributed by atoms with Crippen molar-refractivity contribution in [2.24, 2.45) is 0 Å². The molecule has 0 aliphatic rings. The van der Waals surface area contributed by atoms with Gasteiger partial charge in [0.2, 0.25) is 0 Å². The van der Waals surface area contributed by atoms with Crippen molar-refractivity contribution in [3.05, 3.63) is 48.0 Å². The summed E-state index contributed by atoms with van der Waals surface area (Å²) in [6, 6.07) is 4.06. The number of thiophene rings is 1. The minimum absolute atomic E-state index is 0.219. The number of anilines is 1. The maximum atomic E-state index is 13.5. The van der Waals surface area contributed by atoms with Crippen LogP contribution in [0.4, 0.5) is 14.5 Å². The zero-order chi connectivity index (χ0) is 13.3. The first-order chi connectivity index (χ1) is 8.47. The van der Waals surface area contributed by atoms with Crippen LogP contribution in [0.15, 0.2) is 27.1 Å². The van der Waals surface area contributed by atoms with Crippen LogP contribution in [-0.2, 0) is 6.54 Å². The van der Waals surface area contributed by atoms with E-state index in [1.165, 1.54) is 17.4 Å². The molecule has 0 unspecified atom stereocenters. The molecule has 0 aliphatic heterocycles. The number of nitrogens with one attached hydrogen (secondary N) is 1. The quantitative estimate of drug-likeness (QED) is 0.621. The molecule has 0 fully saturated rings. The van der Waals surface area contributed by atoms with Gasteiger partial charge >= 0.3 is 0 Å². The molecule has 1 aromatic carbocycles. The molecule has 0 aliphatic carbocycles. The number of rotatable bonds is 3. The van der Waals surface area contributed by atoms with Crippen molar-refractivity contribution < 1.29 is 8.78 Å². The summed E-state index contributed by atoms with van der Waals surface area (Å²) >= 11 is 13.6. The Morgan fingerprint density at radius 3 is 2.44 bits per heavy atom. The largest absolute Gasteiger partial charge is 0.378 e. The van der Waals surface area contributed by atoms with Crippen LogP contribution in [0.2, 0.25) is 4.34 Å². The molecule has 2 rings (SSSR count). The van der Waals surface area contributed by atoms with Gasteiger partial charge in [-0.15, -0.1) is 11.3 Å². The fourth-order valence-electron chi connectivity index (χ4n) is 1.32. The molecule has 0 atom stereocenters. The van der Waals surface area contributed by atoms with Crippen LogP contribution < -0.4 is 5.32 Å². The summed E-state index contributed by atoms with van der Waals surface area (Å²) in [7, 11) is 0. The lowest BCUT2D eigenvalue weighted by Crippen LogP contribution is -2.00. The van der Waals surface area contributed by atoms with E-state index in [-0.39, 0.29) is 10.2 Å². The summed E-state index contributed by atoms with van der Waals surface area (Å²) in [6.45, 7) is 0.422. The Labute approximate surface area is 128 Å². The van der Waals surface area contributed by atoms with Crippen molar-refractivity contribution in [2.45, 2.75) is 6.54 Å². The van der Waals surface area contributed by atoms with E-state index in [9.17, 15) is 8.78 Å². The molecule has 0 spiro atoms. The van der Waals surface area contributed by atoms with Gasteiger partial charge in [-0.1, -0.05) is 11.6 Å². The maximum Gasteiger partial charge on any atom is 0.149 e. The number of hydrogen-bond acceptors (Lipinski definition) is 2. The minimum Gasteiger partial charge on any atom is -0.378 e. The third-order valence-corrected chi connectivity index (χ3v) is 5.24. The molecular formula is C11H6Br2ClF2NS. The van der Waals surface area contributed by atoms with E-state index in [4.69, 9.17) is 11.6 Å². The van der Waals surface area contributed by atoms with Crippen LogP contribution >= 0.6 is 54.8 Å². The van der Waals surface area contributed by atoms with Crippen LogP contribution in [0.25, 0.3) is 0 Å². The predicted molar refractivity (Wildman–Crippen MR) is 78.4 cm³/mol. The average Bonchev–Trinajstić information content (AvgIpc) is 2.62. The lowest BCUT2D eigenvalue weighted by atomic mass is 10.3. The van der Waals surface area contributed by atoms with E-state index in [1.807, 2.05) is 6.07 Å². The second kappa shape index (κ2) is 5.86. The van der Waals surface area contributed by atoms with Gasteiger partial charge in [0.15, 0.2) is 0 Å². The van der Waals surface area contributed by atoms with Gasteiger partial charge in [0.05, 0.1) is 10.2 Å². The van der Waals surface area contributed by atoms with Crippen molar-refractivity contribution in [3.8, 4) is 0 Å². The molecule has 1 nitrogen and oxygen atoms in total. The molecule has 0 radical (unpaired) electrons. The fraction of sp³-hybridized carbons (Fsp3) is 0.0909. The third-order valence-electron chi connectivity index (χ3n) is 2.16. The summed E-state index contributed by atoms with van der Waals surface area (Å²) < 4.78 is 28.2. The molecule has 1 heterocycles. The van der Waals surface area contributed by atoms with E-state index in [0.29, 0.717) is 10.9 Å². The van der Waals surface area contributed by atoms with Crippen molar-refractivity contribution in [3.63, 3.8) is 0 Å². The zero-order valence-electron chi connectivity index (χ0n) is 8.74. The molecule has 2 aromatic rings. The standard InChI is InChI=1S/C11H6Br2ClF2NS/c12-6-2-10(9(16)3-8(6)15)17-4-5-1-7(13)11(14)18-5/h1-3,17H,4H2. The highest BCUT2D eigenvalue weighted by Gasteiger charge is 2.09. The zero-order valence-corrected chi connectivity index (χ0v) is 13.5. The first-order valence-electron chi connectivity index (χ1n) is 4.79. The average molecular weight is 418 g/mol. The van der Waals surface area contributed by atoms with Gasteiger partial charge in [0.1, 0.15) is 16.0 Å². The Hall–Kier alpha value is -0.170. The van der Waals surface area contributed by atoms with Gasteiger partial charge in [-0.3, -0.25) is 0 Å². The normalized spacial score (nSPS) is 10.7. The van der Waals surface area contributed by atoms with Gasteiger partial charge in [-0.25, -0.2) is 8.78 Å². The summed E-state index contributed by atoms with van der Waals surface area (Å²) in [5.41, 5.74) is 0.240. The van der Waals surface area contributed by atoms with E-state index in [2.05, 4.69) is 37.2 Å².